The summed E-state index contributed by atoms with van der Waals surface area (Å²) in [4.78, 5) is 3.76. The fraction of sp³-hybridized carbons (Fsp3) is 0.400. The van der Waals surface area contributed by atoms with E-state index in [-0.39, 0.29) is 0 Å². The second-order valence-electron chi connectivity index (χ2n) is 1.37. The van der Waals surface area contributed by atoms with Crippen LogP contribution in [0.15, 0.2) is 16.1 Å². The van der Waals surface area contributed by atoms with Crippen molar-refractivity contribution in [2.24, 2.45) is 10.7 Å². The van der Waals surface area contributed by atoms with Crippen LogP contribution >= 0.6 is 27.7 Å². The van der Waals surface area contributed by atoms with Crippen molar-refractivity contribution in [2.75, 3.05) is 12.8 Å². The maximum atomic E-state index is 5.37. The third-order valence-electron chi connectivity index (χ3n) is 0.597. The molecule has 0 aromatic rings. The maximum absolute atomic E-state index is 5.37. The quantitative estimate of drug-likeness (QED) is 0.553. The van der Waals surface area contributed by atoms with E-state index in [0.717, 1.165) is 10.2 Å². The fourth-order valence-corrected chi connectivity index (χ4v) is 0.994. The third kappa shape index (κ3) is 5.92. The number of nitrogens with two attached hydrogens (primary N) is 1. The molecular weight excluding hydrogens is 200 g/mol. The first-order valence-corrected chi connectivity index (χ1v) is 4.13. The van der Waals surface area contributed by atoms with E-state index in [1.165, 1.54) is 11.8 Å². The second kappa shape index (κ2) is 4.88. The molecule has 52 valence electrons. The van der Waals surface area contributed by atoms with Crippen molar-refractivity contribution in [1.82, 2.24) is 0 Å². The van der Waals surface area contributed by atoms with Crippen LogP contribution in [0.3, 0.4) is 0 Å². The lowest BCUT2D eigenvalue weighted by Crippen LogP contribution is -2.06. The van der Waals surface area contributed by atoms with Crippen molar-refractivity contribution in [3.05, 3.63) is 11.1 Å². The van der Waals surface area contributed by atoms with Gasteiger partial charge in [0.2, 0.25) is 0 Å². The lowest BCUT2D eigenvalue weighted by molar-refractivity contribution is 1.44. The molecular formula is C5H9BrN2S. The molecule has 0 rings (SSSR count). The Hall–Kier alpha value is 0.0400. The zero-order valence-electron chi connectivity index (χ0n) is 5.22. The summed E-state index contributed by atoms with van der Waals surface area (Å²) < 4.78 is 0.930. The summed E-state index contributed by atoms with van der Waals surface area (Å²) in [6, 6.07) is 0. The van der Waals surface area contributed by atoms with Gasteiger partial charge in [0.05, 0.1) is 0 Å². The topological polar surface area (TPSA) is 38.4 Å². The summed E-state index contributed by atoms with van der Waals surface area (Å²) in [5.74, 6) is 0.781. The van der Waals surface area contributed by atoms with Gasteiger partial charge in [-0.3, -0.25) is 4.99 Å². The molecule has 2 N–H and O–H groups in total. The van der Waals surface area contributed by atoms with Gasteiger partial charge >= 0.3 is 0 Å². The van der Waals surface area contributed by atoms with Crippen molar-refractivity contribution in [3.63, 3.8) is 0 Å². The number of thioether (sulfide) groups is 1. The molecule has 0 saturated heterocycles. The largest absolute Gasteiger partial charge is 0.379 e. The summed E-state index contributed by atoms with van der Waals surface area (Å²) in [6.07, 6.45) is 0. The van der Waals surface area contributed by atoms with Crippen molar-refractivity contribution < 1.29 is 0 Å². The highest BCUT2D eigenvalue weighted by atomic mass is 79.9. The molecule has 0 atom stereocenters. The monoisotopic (exact) mass is 208 g/mol. The summed E-state index contributed by atoms with van der Waals surface area (Å²) in [5, 5.41) is 0.593. The highest BCUT2D eigenvalue weighted by Crippen LogP contribution is 2.10. The average molecular weight is 209 g/mol. The molecule has 0 heterocycles. The summed E-state index contributed by atoms with van der Waals surface area (Å²) in [5.41, 5.74) is 5.37. The third-order valence-corrected chi connectivity index (χ3v) is 2.22. The number of halogens is 1. The minimum Gasteiger partial charge on any atom is -0.379 e. The predicted octanol–water partition coefficient (Wildman–Crippen LogP) is 1.57. The van der Waals surface area contributed by atoms with E-state index in [1.807, 2.05) is 0 Å². The van der Waals surface area contributed by atoms with Crippen molar-refractivity contribution in [1.29, 1.82) is 0 Å². The Morgan fingerprint density at radius 3 is 2.78 bits per heavy atom. The summed E-state index contributed by atoms with van der Waals surface area (Å²) >= 11 is 4.67. The Kier molecular flexibility index (Phi) is 4.90. The molecule has 0 aliphatic rings. The van der Waals surface area contributed by atoms with E-state index in [1.54, 1.807) is 7.05 Å². The lowest BCUT2D eigenvalue weighted by atomic mass is 10.8. The van der Waals surface area contributed by atoms with E-state index in [2.05, 4.69) is 27.5 Å². The summed E-state index contributed by atoms with van der Waals surface area (Å²) in [6.45, 7) is 3.65. The van der Waals surface area contributed by atoms with E-state index >= 15 is 0 Å². The Morgan fingerprint density at radius 2 is 2.44 bits per heavy atom. The number of hydrogen-bond donors (Lipinski definition) is 1. The molecule has 0 unspecified atom stereocenters. The molecule has 0 aromatic heterocycles. The Labute approximate surface area is 67.7 Å². The molecule has 0 radical (unpaired) electrons. The average Bonchev–Trinajstić information content (AvgIpc) is 1.83. The Bertz CT molecular complexity index is 133. The molecule has 0 saturated carbocycles. The Balaban J connectivity index is 3.39. The van der Waals surface area contributed by atoms with Gasteiger partial charge < -0.3 is 5.73 Å². The van der Waals surface area contributed by atoms with Gasteiger partial charge in [-0.2, -0.15) is 0 Å². The van der Waals surface area contributed by atoms with Crippen LogP contribution in [0.1, 0.15) is 0 Å². The van der Waals surface area contributed by atoms with Gasteiger partial charge in [-0.1, -0.05) is 34.3 Å². The van der Waals surface area contributed by atoms with Gasteiger partial charge in [0, 0.05) is 12.8 Å². The first-order chi connectivity index (χ1) is 4.16. The number of nitrogens with zero attached hydrogens (tertiary/aromatic N) is 1. The zero-order valence-corrected chi connectivity index (χ0v) is 7.63. The molecule has 9 heavy (non-hydrogen) atoms. The van der Waals surface area contributed by atoms with Crippen LogP contribution < -0.4 is 5.73 Å². The molecule has 0 aromatic carbocycles. The minimum atomic E-state index is 0.593. The zero-order chi connectivity index (χ0) is 7.28. The minimum absolute atomic E-state index is 0.593. The first kappa shape index (κ1) is 9.04. The van der Waals surface area contributed by atoms with E-state index < -0.39 is 0 Å². The molecule has 0 bridgehead atoms. The standard InChI is InChI=1S/C5H9BrN2S/c1-4(6)3-9-5(7)8-2/h1,3H2,2H3,(H2,7,8). The smallest absolute Gasteiger partial charge is 0.153 e. The molecule has 0 aliphatic heterocycles. The molecule has 0 spiro atoms. The number of aliphatic imine (C=N–C) groups is 1. The first-order valence-electron chi connectivity index (χ1n) is 2.35. The van der Waals surface area contributed by atoms with Crippen LogP contribution in [0.2, 0.25) is 0 Å². The van der Waals surface area contributed by atoms with Crippen molar-refractivity contribution in [2.45, 2.75) is 0 Å². The SMILES string of the molecule is C=C(Br)CSC(N)=NC. The van der Waals surface area contributed by atoms with Gasteiger partial charge in [-0.05, 0) is 4.48 Å². The van der Waals surface area contributed by atoms with Crippen LogP contribution in [0.5, 0.6) is 0 Å². The lowest BCUT2D eigenvalue weighted by Gasteiger charge is -1.95. The van der Waals surface area contributed by atoms with Gasteiger partial charge in [0.15, 0.2) is 5.17 Å². The second-order valence-corrected chi connectivity index (χ2v) is 3.48. The van der Waals surface area contributed by atoms with E-state index in [9.17, 15) is 0 Å². The molecule has 0 amide bonds. The highest BCUT2D eigenvalue weighted by molar-refractivity contribution is 9.11. The van der Waals surface area contributed by atoms with E-state index in [0.29, 0.717) is 5.17 Å². The molecule has 0 aliphatic carbocycles. The van der Waals surface area contributed by atoms with Crippen LogP contribution in [0.4, 0.5) is 0 Å². The normalized spacial score (nSPS) is 11.6. The van der Waals surface area contributed by atoms with E-state index in [4.69, 9.17) is 5.73 Å². The van der Waals surface area contributed by atoms with Crippen molar-refractivity contribution in [3.8, 4) is 0 Å². The molecule has 0 fully saturated rings. The van der Waals surface area contributed by atoms with Gasteiger partial charge in [-0.25, -0.2) is 0 Å². The summed E-state index contributed by atoms with van der Waals surface area (Å²) in [7, 11) is 1.67. The van der Waals surface area contributed by atoms with Crippen LogP contribution in [-0.2, 0) is 0 Å². The van der Waals surface area contributed by atoms with Gasteiger partial charge in [0.1, 0.15) is 0 Å². The Morgan fingerprint density at radius 1 is 1.89 bits per heavy atom. The number of amidine groups is 1. The predicted molar refractivity (Wildman–Crippen MR) is 48.1 cm³/mol. The maximum Gasteiger partial charge on any atom is 0.153 e. The van der Waals surface area contributed by atoms with Gasteiger partial charge in [-0.15, -0.1) is 0 Å². The van der Waals surface area contributed by atoms with Crippen LogP contribution in [0, 0.1) is 0 Å². The van der Waals surface area contributed by atoms with Crippen molar-refractivity contribution >= 4 is 32.9 Å². The fourth-order valence-electron chi connectivity index (χ4n) is 0.217. The van der Waals surface area contributed by atoms with Gasteiger partial charge in [0.25, 0.3) is 0 Å². The highest BCUT2D eigenvalue weighted by Gasteiger charge is 1.91. The van der Waals surface area contributed by atoms with Crippen LogP contribution in [-0.4, -0.2) is 18.0 Å². The molecule has 2 nitrogen and oxygen atoms in total. The van der Waals surface area contributed by atoms with Crippen LogP contribution in [0.25, 0.3) is 0 Å². The molecule has 4 heteroatoms. The number of hydrogen-bond acceptors (Lipinski definition) is 2. The number of rotatable bonds is 2.